The second kappa shape index (κ2) is 10.4. The molecule has 0 unspecified atom stereocenters. The third kappa shape index (κ3) is 6.15. The van der Waals surface area contributed by atoms with Gasteiger partial charge in [-0.05, 0) is 29.5 Å². The van der Waals surface area contributed by atoms with Crippen molar-refractivity contribution in [1.29, 1.82) is 0 Å². The summed E-state index contributed by atoms with van der Waals surface area (Å²) in [6.45, 7) is 2.83. The molecule has 2 N–H and O–H groups in total. The molecule has 2 rings (SSSR count). The Morgan fingerprint density at radius 2 is 1.76 bits per heavy atom. The summed E-state index contributed by atoms with van der Waals surface area (Å²) in [6, 6.07) is 8.85. The van der Waals surface area contributed by atoms with E-state index in [9.17, 15) is 19.2 Å². The normalized spacial score (nSPS) is 11.4. The van der Waals surface area contributed by atoms with Crippen LogP contribution in [0.2, 0.25) is 0 Å². The van der Waals surface area contributed by atoms with E-state index in [0.717, 1.165) is 0 Å². The van der Waals surface area contributed by atoms with Crippen molar-refractivity contribution in [3.8, 4) is 5.75 Å². The molecule has 9 heteroatoms. The van der Waals surface area contributed by atoms with Crippen LogP contribution in [0.15, 0.2) is 41.8 Å². The Morgan fingerprint density at radius 3 is 2.38 bits per heavy atom. The molecule has 0 radical (unpaired) electrons. The van der Waals surface area contributed by atoms with Crippen LogP contribution in [0, 0.1) is 5.92 Å². The molecule has 0 saturated carbocycles. The van der Waals surface area contributed by atoms with Gasteiger partial charge in [-0.1, -0.05) is 32.0 Å². The number of thiophene rings is 1. The molecular formula is C20H22N2O6S. The summed E-state index contributed by atoms with van der Waals surface area (Å²) >= 11 is 1.25. The van der Waals surface area contributed by atoms with Gasteiger partial charge in [0.1, 0.15) is 11.8 Å². The highest BCUT2D eigenvalue weighted by molar-refractivity contribution is 7.12. The predicted molar refractivity (Wildman–Crippen MR) is 107 cm³/mol. The van der Waals surface area contributed by atoms with Gasteiger partial charge >= 0.3 is 5.97 Å². The van der Waals surface area contributed by atoms with Crippen LogP contribution in [0.5, 0.6) is 5.75 Å². The van der Waals surface area contributed by atoms with Crippen molar-refractivity contribution in [3.05, 3.63) is 52.2 Å². The minimum Gasteiger partial charge on any atom is -0.496 e. The number of para-hydroxylation sites is 1. The molecule has 0 fully saturated rings. The number of esters is 1. The summed E-state index contributed by atoms with van der Waals surface area (Å²) in [5.74, 6) is -2.57. The first-order valence-corrected chi connectivity index (χ1v) is 9.69. The van der Waals surface area contributed by atoms with Gasteiger partial charge in [-0.2, -0.15) is 0 Å². The van der Waals surface area contributed by atoms with E-state index in [0.29, 0.717) is 10.6 Å². The zero-order valence-electron chi connectivity index (χ0n) is 16.3. The predicted octanol–water partition coefficient (Wildman–Crippen LogP) is 2.01. The monoisotopic (exact) mass is 418 g/mol. The quantitative estimate of drug-likeness (QED) is 0.635. The van der Waals surface area contributed by atoms with Crippen LogP contribution in [-0.2, 0) is 14.3 Å². The van der Waals surface area contributed by atoms with Gasteiger partial charge in [0.25, 0.3) is 17.7 Å². The van der Waals surface area contributed by atoms with E-state index < -0.39 is 36.3 Å². The van der Waals surface area contributed by atoms with Gasteiger partial charge in [-0.15, -0.1) is 11.3 Å². The minimum absolute atomic E-state index is 0.179. The minimum atomic E-state index is -0.928. The number of benzene rings is 1. The number of methoxy groups -OCH3 is 1. The number of ether oxygens (including phenoxy) is 2. The molecule has 0 bridgehead atoms. The van der Waals surface area contributed by atoms with Crippen molar-refractivity contribution in [1.82, 2.24) is 10.6 Å². The Balaban J connectivity index is 1.91. The van der Waals surface area contributed by atoms with Crippen molar-refractivity contribution in [2.24, 2.45) is 5.92 Å². The first kappa shape index (κ1) is 22.1. The van der Waals surface area contributed by atoms with E-state index in [-0.39, 0.29) is 11.5 Å². The van der Waals surface area contributed by atoms with Crippen LogP contribution in [0.4, 0.5) is 0 Å². The molecule has 154 valence electrons. The molecule has 1 aromatic heterocycles. The largest absolute Gasteiger partial charge is 0.496 e. The Morgan fingerprint density at radius 1 is 1.03 bits per heavy atom. The maximum atomic E-state index is 12.3. The van der Waals surface area contributed by atoms with Crippen LogP contribution < -0.4 is 15.4 Å². The molecule has 8 nitrogen and oxygen atoms in total. The zero-order chi connectivity index (χ0) is 21.4. The van der Waals surface area contributed by atoms with E-state index in [4.69, 9.17) is 9.47 Å². The van der Waals surface area contributed by atoms with Gasteiger partial charge in [0.15, 0.2) is 6.61 Å². The summed E-state index contributed by atoms with van der Waals surface area (Å²) < 4.78 is 10.1. The summed E-state index contributed by atoms with van der Waals surface area (Å²) in [5, 5.41) is 6.49. The number of imide groups is 1. The van der Waals surface area contributed by atoms with E-state index in [1.54, 1.807) is 49.6 Å². The fraction of sp³-hybridized carbons (Fsp3) is 0.300. The van der Waals surface area contributed by atoms with Crippen molar-refractivity contribution in [3.63, 3.8) is 0 Å². The third-order valence-electron chi connectivity index (χ3n) is 3.90. The topological polar surface area (TPSA) is 111 Å². The van der Waals surface area contributed by atoms with Crippen molar-refractivity contribution >= 4 is 35.0 Å². The van der Waals surface area contributed by atoms with Crippen molar-refractivity contribution in [2.75, 3.05) is 13.7 Å². The van der Waals surface area contributed by atoms with Crippen molar-refractivity contribution in [2.45, 2.75) is 19.9 Å². The lowest BCUT2D eigenvalue weighted by Crippen LogP contribution is -2.46. The highest BCUT2D eigenvalue weighted by Gasteiger charge is 2.27. The lowest BCUT2D eigenvalue weighted by Gasteiger charge is -2.20. The van der Waals surface area contributed by atoms with Crippen molar-refractivity contribution < 1.29 is 28.7 Å². The molecule has 29 heavy (non-hydrogen) atoms. The molecule has 2 aromatic rings. The Kier molecular flexibility index (Phi) is 7.90. The van der Waals surface area contributed by atoms with Gasteiger partial charge in [0, 0.05) is 0 Å². The lowest BCUT2D eigenvalue weighted by molar-refractivity contribution is -0.151. The number of nitrogens with one attached hydrogen (secondary N) is 2. The Labute approximate surface area is 172 Å². The fourth-order valence-electron chi connectivity index (χ4n) is 2.41. The first-order valence-electron chi connectivity index (χ1n) is 8.81. The van der Waals surface area contributed by atoms with Crippen LogP contribution in [0.25, 0.3) is 0 Å². The molecule has 0 saturated heterocycles. The zero-order valence-corrected chi connectivity index (χ0v) is 17.1. The molecule has 1 heterocycles. The molecule has 3 amide bonds. The summed E-state index contributed by atoms with van der Waals surface area (Å²) in [5.41, 5.74) is 0.179. The molecular weight excluding hydrogens is 396 g/mol. The van der Waals surface area contributed by atoms with Gasteiger partial charge < -0.3 is 14.8 Å². The third-order valence-corrected chi connectivity index (χ3v) is 4.77. The molecule has 0 spiro atoms. The number of hydrogen-bond donors (Lipinski definition) is 2. The average Bonchev–Trinajstić information content (AvgIpc) is 3.24. The first-order chi connectivity index (χ1) is 13.8. The highest BCUT2D eigenvalue weighted by atomic mass is 32.1. The van der Waals surface area contributed by atoms with Crippen LogP contribution in [-0.4, -0.2) is 43.4 Å². The Bertz CT molecular complexity index is 879. The maximum absolute atomic E-state index is 12.3. The smallest absolute Gasteiger partial charge is 0.329 e. The van der Waals surface area contributed by atoms with E-state index in [2.05, 4.69) is 10.6 Å². The number of amides is 3. The molecule has 0 aliphatic heterocycles. The van der Waals surface area contributed by atoms with Gasteiger partial charge in [0.2, 0.25) is 0 Å². The summed E-state index contributed by atoms with van der Waals surface area (Å²) in [6.07, 6.45) is 0. The molecule has 1 aromatic carbocycles. The average molecular weight is 418 g/mol. The van der Waals surface area contributed by atoms with Gasteiger partial charge in [-0.25, -0.2) is 4.79 Å². The van der Waals surface area contributed by atoms with E-state index in [1.807, 2.05) is 0 Å². The van der Waals surface area contributed by atoms with E-state index >= 15 is 0 Å². The molecule has 0 aliphatic rings. The lowest BCUT2D eigenvalue weighted by atomic mass is 10.0. The highest BCUT2D eigenvalue weighted by Crippen LogP contribution is 2.16. The standard InChI is InChI=1S/C20H22N2O6S/c1-12(2)17(22-19(25)15-9-6-10-29-15)20(26)28-11-16(23)21-18(24)13-7-4-5-8-14(13)27-3/h4-10,12,17H,11H2,1-3H3,(H,22,25)(H,21,23,24)/t17-/m0/s1. The van der Waals surface area contributed by atoms with Gasteiger partial charge in [-0.3, -0.25) is 19.7 Å². The number of carbonyl (C=O) groups excluding carboxylic acids is 4. The van der Waals surface area contributed by atoms with Crippen LogP contribution in [0.3, 0.4) is 0 Å². The second-order valence-corrected chi connectivity index (χ2v) is 7.31. The SMILES string of the molecule is COc1ccccc1C(=O)NC(=O)COC(=O)[C@@H](NC(=O)c1cccs1)C(C)C. The number of rotatable bonds is 8. The van der Waals surface area contributed by atoms with Crippen LogP contribution >= 0.6 is 11.3 Å². The number of hydrogen-bond acceptors (Lipinski definition) is 7. The summed E-state index contributed by atoms with van der Waals surface area (Å²) in [4.78, 5) is 49.2. The van der Waals surface area contributed by atoms with E-state index in [1.165, 1.54) is 24.5 Å². The van der Waals surface area contributed by atoms with Gasteiger partial charge in [0.05, 0.1) is 17.6 Å². The van der Waals surface area contributed by atoms with Crippen LogP contribution in [0.1, 0.15) is 33.9 Å². The molecule has 0 aliphatic carbocycles. The maximum Gasteiger partial charge on any atom is 0.329 e. The number of carbonyl (C=O) groups is 4. The summed E-state index contributed by atoms with van der Waals surface area (Å²) in [7, 11) is 1.41. The molecule has 1 atom stereocenters. The second-order valence-electron chi connectivity index (χ2n) is 6.36. The Hall–Kier alpha value is -3.20. The fourth-order valence-corrected chi connectivity index (χ4v) is 3.03.